The number of rotatable bonds is 5. The quantitative estimate of drug-likeness (QED) is 0.667. The van der Waals surface area contributed by atoms with Crippen molar-refractivity contribution in [1.82, 2.24) is 10.6 Å². The summed E-state index contributed by atoms with van der Waals surface area (Å²) in [5.74, 6) is 0.344. The van der Waals surface area contributed by atoms with Crippen molar-refractivity contribution >= 4 is 22.9 Å². The van der Waals surface area contributed by atoms with Gasteiger partial charge in [-0.15, -0.1) is 0 Å². The topological polar surface area (TPSA) is 111 Å². The van der Waals surface area contributed by atoms with Crippen molar-refractivity contribution in [3.63, 3.8) is 0 Å². The standard InChI is InChI=1S/C19H18N2O6/c1-11-8-17(23)27-18-12(2)15(6-5-14(11)18)26-10-16(22)21-19(24)20-9-13-4-3-7-25-13/h3-8H,9-10H2,1-2H3,(H2,20,21,22,24). The van der Waals surface area contributed by atoms with Crippen LogP contribution in [0.3, 0.4) is 0 Å². The fraction of sp³-hybridized carbons (Fsp3) is 0.211. The summed E-state index contributed by atoms with van der Waals surface area (Å²) in [5, 5.41) is 5.44. The van der Waals surface area contributed by atoms with Gasteiger partial charge >= 0.3 is 11.7 Å². The number of amides is 3. The summed E-state index contributed by atoms with van der Waals surface area (Å²) in [6.07, 6.45) is 1.49. The summed E-state index contributed by atoms with van der Waals surface area (Å²) in [6, 6.07) is 7.60. The van der Waals surface area contributed by atoms with E-state index >= 15 is 0 Å². The van der Waals surface area contributed by atoms with Gasteiger partial charge in [-0.25, -0.2) is 9.59 Å². The van der Waals surface area contributed by atoms with Crippen LogP contribution in [0, 0.1) is 13.8 Å². The van der Waals surface area contributed by atoms with E-state index in [0.29, 0.717) is 22.7 Å². The molecular weight excluding hydrogens is 352 g/mol. The summed E-state index contributed by atoms with van der Waals surface area (Å²) >= 11 is 0. The molecule has 0 aliphatic heterocycles. The minimum absolute atomic E-state index is 0.162. The van der Waals surface area contributed by atoms with Crippen molar-refractivity contribution in [3.8, 4) is 5.75 Å². The summed E-state index contributed by atoms with van der Waals surface area (Å²) in [7, 11) is 0. The number of imide groups is 1. The Balaban J connectivity index is 1.59. The molecule has 0 aliphatic rings. The number of hydrogen-bond acceptors (Lipinski definition) is 6. The minimum Gasteiger partial charge on any atom is -0.483 e. The van der Waals surface area contributed by atoms with Crippen molar-refractivity contribution in [3.05, 3.63) is 63.9 Å². The van der Waals surface area contributed by atoms with Gasteiger partial charge in [0.25, 0.3) is 5.91 Å². The third kappa shape index (κ3) is 4.35. The normalized spacial score (nSPS) is 10.6. The molecule has 0 bridgehead atoms. The average Bonchev–Trinajstić information content (AvgIpc) is 3.13. The van der Waals surface area contributed by atoms with Gasteiger partial charge < -0.3 is 18.9 Å². The first-order valence-electron chi connectivity index (χ1n) is 8.21. The van der Waals surface area contributed by atoms with Crippen molar-refractivity contribution in [2.24, 2.45) is 0 Å². The van der Waals surface area contributed by atoms with Crippen molar-refractivity contribution in [2.45, 2.75) is 20.4 Å². The second-order valence-corrected chi connectivity index (χ2v) is 5.91. The van der Waals surface area contributed by atoms with Gasteiger partial charge in [0.05, 0.1) is 12.8 Å². The van der Waals surface area contributed by atoms with E-state index in [2.05, 4.69) is 10.6 Å². The fourth-order valence-electron chi connectivity index (χ4n) is 2.59. The Morgan fingerprint density at radius 2 is 2.00 bits per heavy atom. The van der Waals surface area contributed by atoms with E-state index in [1.165, 1.54) is 12.3 Å². The van der Waals surface area contributed by atoms with Gasteiger partial charge in [0, 0.05) is 17.0 Å². The van der Waals surface area contributed by atoms with Gasteiger partial charge in [-0.2, -0.15) is 0 Å². The molecule has 0 spiro atoms. The third-order valence-corrected chi connectivity index (χ3v) is 3.93. The van der Waals surface area contributed by atoms with E-state index in [0.717, 1.165) is 10.9 Å². The molecule has 2 heterocycles. The molecule has 0 fully saturated rings. The molecule has 0 aliphatic carbocycles. The molecule has 3 aromatic rings. The number of carbonyl (C=O) groups is 2. The summed E-state index contributed by atoms with van der Waals surface area (Å²) in [6.45, 7) is 3.34. The number of urea groups is 1. The smallest absolute Gasteiger partial charge is 0.336 e. The van der Waals surface area contributed by atoms with Gasteiger partial charge in [-0.3, -0.25) is 10.1 Å². The van der Waals surface area contributed by atoms with Crippen LogP contribution < -0.4 is 21.0 Å². The first-order chi connectivity index (χ1) is 12.9. The van der Waals surface area contributed by atoms with Gasteiger partial charge in [-0.1, -0.05) is 0 Å². The molecule has 0 saturated carbocycles. The highest BCUT2D eigenvalue weighted by atomic mass is 16.5. The number of furan rings is 1. The molecule has 2 N–H and O–H groups in total. The van der Waals surface area contributed by atoms with E-state index in [4.69, 9.17) is 13.6 Å². The van der Waals surface area contributed by atoms with Crippen LogP contribution in [0.1, 0.15) is 16.9 Å². The first-order valence-corrected chi connectivity index (χ1v) is 8.21. The van der Waals surface area contributed by atoms with E-state index < -0.39 is 17.6 Å². The molecule has 8 nitrogen and oxygen atoms in total. The SMILES string of the molecule is Cc1cc(=O)oc2c(C)c(OCC(=O)NC(=O)NCc3ccco3)ccc12. The van der Waals surface area contributed by atoms with Crippen molar-refractivity contribution in [2.75, 3.05) is 6.61 Å². The second-order valence-electron chi connectivity index (χ2n) is 5.91. The predicted molar refractivity (Wildman–Crippen MR) is 96.5 cm³/mol. The maximum Gasteiger partial charge on any atom is 0.336 e. The number of nitrogens with one attached hydrogen (secondary N) is 2. The molecular formula is C19H18N2O6. The molecule has 2 aromatic heterocycles. The lowest BCUT2D eigenvalue weighted by molar-refractivity contribution is -0.122. The van der Waals surface area contributed by atoms with Gasteiger partial charge in [0.1, 0.15) is 17.1 Å². The number of benzene rings is 1. The monoisotopic (exact) mass is 370 g/mol. The number of ether oxygens (including phenoxy) is 1. The Labute approximate surface area is 154 Å². The van der Waals surface area contributed by atoms with Crippen LogP contribution in [0.4, 0.5) is 4.79 Å². The lowest BCUT2D eigenvalue weighted by atomic mass is 10.1. The van der Waals surface area contributed by atoms with Crippen LogP contribution in [0.25, 0.3) is 11.0 Å². The molecule has 27 heavy (non-hydrogen) atoms. The lowest BCUT2D eigenvalue weighted by Crippen LogP contribution is -2.41. The molecule has 0 radical (unpaired) electrons. The fourth-order valence-corrected chi connectivity index (χ4v) is 2.59. The van der Waals surface area contributed by atoms with Gasteiger partial charge in [0.15, 0.2) is 6.61 Å². The number of hydrogen-bond donors (Lipinski definition) is 2. The molecule has 0 unspecified atom stereocenters. The zero-order chi connectivity index (χ0) is 19.4. The van der Waals surface area contributed by atoms with E-state index in [1.54, 1.807) is 31.2 Å². The maximum atomic E-state index is 11.9. The highest BCUT2D eigenvalue weighted by Gasteiger charge is 2.13. The predicted octanol–water partition coefficient (Wildman–Crippen LogP) is 2.41. The Hall–Kier alpha value is -3.55. The lowest BCUT2D eigenvalue weighted by Gasteiger charge is -2.11. The summed E-state index contributed by atoms with van der Waals surface area (Å²) in [5.41, 5.74) is 1.35. The Morgan fingerprint density at radius 1 is 1.19 bits per heavy atom. The van der Waals surface area contributed by atoms with E-state index in [-0.39, 0.29) is 13.2 Å². The van der Waals surface area contributed by atoms with Crippen molar-refractivity contribution < 1.29 is 23.2 Å². The molecule has 0 atom stereocenters. The number of aryl methyl sites for hydroxylation is 2. The summed E-state index contributed by atoms with van der Waals surface area (Å²) in [4.78, 5) is 35.1. The summed E-state index contributed by atoms with van der Waals surface area (Å²) < 4.78 is 15.8. The van der Waals surface area contributed by atoms with Crippen LogP contribution in [-0.2, 0) is 11.3 Å². The third-order valence-electron chi connectivity index (χ3n) is 3.93. The van der Waals surface area contributed by atoms with Crippen LogP contribution in [0.2, 0.25) is 0 Å². The molecule has 1 aromatic carbocycles. The van der Waals surface area contributed by atoms with Crippen molar-refractivity contribution in [1.29, 1.82) is 0 Å². The van der Waals surface area contributed by atoms with Crippen LogP contribution in [-0.4, -0.2) is 18.5 Å². The highest BCUT2D eigenvalue weighted by molar-refractivity contribution is 5.95. The molecule has 3 rings (SSSR count). The van der Waals surface area contributed by atoms with E-state index in [9.17, 15) is 14.4 Å². The molecule has 3 amide bonds. The molecule has 140 valence electrons. The Bertz CT molecular complexity index is 1040. The first kappa shape index (κ1) is 18.2. The van der Waals surface area contributed by atoms with Crippen LogP contribution >= 0.6 is 0 Å². The second kappa shape index (κ2) is 7.77. The highest BCUT2D eigenvalue weighted by Crippen LogP contribution is 2.28. The minimum atomic E-state index is -0.656. The van der Waals surface area contributed by atoms with E-state index in [1.807, 2.05) is 6.92 Å². The molecule has 0 saturated heterocycles. The number of carbonyl (C=O) groups excluding carboxylic acids is 2. The Kier molecular flexibility index (Phi) is 5.25. The van der Waals surface area contributed by atoms with Crippen LogP contribution in [0.15, 0.2) is 50.2 Å². The van der Waals surface area contributed by atoms with Gasteiger partial charge in [0.2, 0.25) is 0 Å². The zero-order valence-corrected chi connectivity index (χ0v) is 14.8. The number of fused-ring (bicyclic) bond motifs is 1. The average molecular weight is 370 g/mol. The zero-order valence-electron chi connectivity index (χ0n) is 14.8. The molecule has 8 heteroatoms. The van der Waals surface area contributed by atoms with Gasteiger partial charge in [-0.05, 0) is 43.7 Å². The largest absolute Gasteiger partial charge is 0.483 e. The van der Waals surface area contributed by atoms with Crippen LogP contribution in [0.5, 0.6) is 5.75 Å². The maximum absolute atomic E-state index is 11.9. The Morgan fingerprint density at radius 3 is 2.74 bits per heavy atom.